The van der Waals surface area contributed by atoms with E-state index in [2.05, 4.69) is 22.9 Å². The molecule has 0 saturated heterocycles. The number of benzene rings is 1. The number of nitrogens with zero attached hydrogens (tertiary/aromatic N) is 1. The van der Waals surface area contributed by atoms with Gasteiger partial charge in [0.2, 0.25) is 0 Å². The van der Waals surface area contributed by atoms with Crippen molar-refractivity contribution in [2.45, 2.75) is 13.0 Å². The molecular formula is C16H19FN2O. The van der Waals surface area contributed by atoms with Gasteiger partial charge in [0, 0.05) is 23.7 Å². The number of H-pyrrole nitrogens is 1. The second-order valence-corrected chi connectivity index (χ2v) is 5.60. The quantitative estimate of drug-likeness (QED) is 0.883. The second-order valence-electron chi connectivity index (χ2n) is 5.60. The van der Waals surface area contributed by atoms with Crippen LogP contribution in [-0.2, 0) is 0 Å². The Balaban J connectivity index is 2.18. The van der Waals surface area contributed by atoms with Crippen LogP contribution in [-0.4, -0.2) is 41.2 Å². The fraction of sp³-hybridized carbons (Fsp3) is 0.375. The lowest BCUT2D eigenvalue weighted by Crippen LogP contribution is -2.41. The van der Waals surface area contributed by atoms with Crippen molar-refractivity contribution in [2.75, 3.05) is 20.2 Å². The van der Waals surface area contributed by atoms with E-state index in [0.717, 1.165) is 23.2 Å². The molecule has 0 amide bonds. The Kier molecular flexibility index (Phi) is 3.36. The van der Waals surface area contributed by atoms with Crippen LogP contribution < -0.4 is 0 Å². The number of hydrogen-bond acceptors (Lipinski definition) is 2. The minimum atomic E-state index is -0.219. The summed E-state index contributed by atoms with van der Waals surface area (Å²) in [7, 11) is 2.01. The molecule has 1 aromatic heterocycles. The Morgan fingerprint density at radius 3 is 2.95 bits per heavy atom. The van der Waals surface area contributed by atoms with Gasteiger partial charge in [-0.1, -0.05) is 13.0 Å². The molecule has 3 nitrogen and oxygen atoms in total. The highest BCUT2D eigenvalue weighted by Crippen LogP contribution is 2.33. The number of hydrogen-bond donors (Lipinski definition) is 2. The van der Waals surface area contributed by atoms with Crippen LogP contribution in [0.4, 0.5) is 4.39 Å². The average molecular weight is 274 g/mol. The van der Waals surface area contributed by atoms with E-state index in [4.69, 9.17) is 0 Å². The normalized spacial score (nSPS) is 24.1. The molecule has 2 atom stereocenters. The van der Waals surface area contributed by atoms with Gasteiger partial charge in [-0.05, 0) is 36.7 Å². The van der Waals surface area contributed by atoms with Gasteiger partial charge < -0.3 is 10.1 Å². The zero-order valence-electron chi connectivity index (χ0n) is 11.7. The third kappa shape index (κ3) is 2.05. The molecule has 1 aliphatic rings. The van der Waals surface area contributed by atoms with Crippen LogP contribution in [0.5, 0.6) is 0 Å². The number of likely N-dealkylation sites (N-methyl/N-ethyl adjacent to an activating group) is 1. The number of aliphatic hydroxyl groups excluding tert-OH is 1. The summed E-state index contributed by atoms with van der Waals surface area (Å²) in [6.07, 6.45) is 3.94. The molecule has 0 saturated carbocycles. The lowest BCUT2D eigenvalue weighted by atomic mass is 9.89. The highest BCUT2D eigenvalue weighted by Gasteiger charge is 2.27. The molecule has 20 heavy (non-hydrogen) atoms. The van der Waals surface area contributed by atoms with E-state index in [0.29, 0.717) is 11.3 Å². The van der Waals surface area contributed by atoms with E-state index in [1.807, 2.05) is 7.05 Å². The SMILES string of the molecule is CC1C=C(c2ccc(F)c3cc[nH]c23)C(CO)N(C)C1. The molecule has 2 N–H and O–H groups in total. The first-order valence-corrected chi connectivity index (χ1v) is 6.90. The summed E-state index contributed by atoms with van der Waals surface area (Å²) in [5.74, 6) is 0.191. The van der Waals surface area contributed by atoms with Gasteiger partial charge in [-0.25, -0.2) is 4.39 Å². The highest BCUT2D eigenvalue weighted by atomic mass is 19.1. The fourth-order valence-corrected chi connectivity index (χ4v) is 3.16. The topological polar surface area (TPSA) is 39.3 Å². The van der Waals surface area contributed by atoms with Crippen molar-refractivity contribution in [3.63, 3.8) is 0 Å². The van der Waals surface area contributed by atoms with Crippen molar-refractivity contribution >= 4 is 16.5 Å². The van der Waals surface area contributed by atoms with E-state index in [-0.39, 0.29) is 18.5 Å². The van der Waals surface area contributed by atoms with E-state index < -0.39 is 0 Å². The third-order valence-electron chi connectivity index (χ3n) is 4.09. The number of aliphatic hydroxyl groups is 1. The Labute approximate surface area is 117 Å². The summed E-state index contributed by atoms with van der Waals surface area (Å²) in [6, 6.07) is 5.01. The molecule has 106 valence electrons. The number of fused-ring (bicyclic) bond motifs is 1. The van der Waals surface area contributed by atoms with Crippen molar-refractivity contribution in [3.8, 4) is 0 Å². The van der Waals surface area contributed by atoms with Gasteiger partial charge in [0.05, 0.1) is 18.2 Å². The first-order chi connectivity index (χ1) is 9.61. The summed E-state index contributed by atoms with van der Waals surface area (Å²) in [6.45, 7) is 3.14. The summed E-state index contributed by atoms with van der Waals surface area (Å²) < 4.78 is 13.8. The van der Waals surface area contributed by atoms with E-state index in [1.54, 1.807) is 18.3 Å². The molecule has 3 rings (SSSR count). The van der Waals surface area contributed by atoms with Crippen LogP contribution in [0.3, 0.4) is 0 Å². The standard InChI is InChI=1S/C16H19FN2O/c1-10-7-13(15(9-20)19(2)8-10)11-3-4-14(17)12-5-6-18-16(11)12/h3-7,10,15,18,20H,8-9H2,1-2H3. The van der Waals surface area contributed by atoms with Gasteiger partial charge in [-0.3, -0.25) is 4.90 Å². The van der Waals surface area contributed by atoms with Crippen molar-refractivity contribution in [2.24, 2.45) is 5.92 Å². The zero-order valence-corrected chi connectivity index (χ0v) is 11.7. The molecule has 0 fully saturated rings. The largest absolute Gasteiger partial charge is 0.394 e. The summed E-state index contributed by atoms with van der Waals surface area (Å²) in [5, 5.41) is 10.3. The van der Waals surface area contributed by atoms with Crippen LogP contribution >= 0.6 is 0 Å². The predicted octanol–water partition coefficient (Wildman–Crippen LogP) is 2.63. The number of halogens is 1. The maximum atomic E-state index is 13.8. The molecule has 0 bridgehead atoms. The Morgan fingerprint density at radius 2 is 2.20 bits per heavy atom. The first-order valence-electron chi connectivity index (χ1n) is 6.90. The van der Waals surface area contributed by atoms with Crippen LogP contribution in [0.15, 0.2) is 30.5 Å². The van der Waals surface area contributed by atoms with Gasteiger partial charge in [-0.15, -0.1) is 0 Å². The molecule has 0 spiro atoms. The molecule has 2 aromatic rings. The molecule has 4 heteroatoms. The average Bonchev–Trinajstić information content (AvgIpc) is 2.88. The van der Waals surface area contributed by atoms with E-state index >= 15 is 0 Å². The van der Waals surface area contributed by atoms with Crippen molar-refractivity contribution in [3.05, 3.63) is 41.9 Å². The third-order valence-corrected chi connectivity index (χ3v) is 4.09. The molecule has 0 radical (unpaired) electrons. The number of aromatic nitrogens is 1. The van der Waals surface area contributed by atoms with Crippen LogP contribution in [0.2, 0.25) is 0 Å². The van der Waals surface area contributed by atoms with Gasteiger partial charge in [0.15, 0.2) is 0 Å². The monoisotopic (exact) mass is 274 g/mol. The molecule has 2 heterocycles. The summed E-state index contributed by atoms with van der Waals surface area (Å²) in [5.41, 5.74) is 2.85. The lowest BCUT2D eigenvalue weighted by Gasteiger charge is -2.35. The zero-order chi connectivity index (χ0) is 14.3. The molecule has 0 aliphatic carbocycles. The number of rotatable bonds is 2. The predicted molar refractivity (Wildman–Crippen MR) is 78.9 cm³/mol. The Bertz CT molecular complexity index is 662. The highest BCUT2D eigenvalue weighted by molar-refractivity contribution is 5.93. The molecule has 2 unspecified atom stereocenters. The number of nitrogens with one attached hydrogen (secondary N) is 1. The Hall–Kier alpha value is -1.65. The van der Waals surface area contributed by atoms with E-state index in [1.165, 1.54) is 6.07 Å². The maximum Gasteiger partial charge on any atom is 0.132 e. The minimum absolute atomic E-state index is 0.0387. The van der Waals surface area contributed by atoms with Crippen LogP contribution in [0.25, 0.3) is 16.5 Å². The summed E-state index contributed by atoms with van der Waals surface area (Å²) in [4.78, 5) is 5.27. The van der Waals surface area contributed by atoms with Gasteiger partial charge in [-0.2, -0.15) is 0 Å². The van der Waals surface area contributed by atoms with Crippen LogP contribution in [0.1, 0.15) is 12.5 Å². The second kappa shape index (κ2) is 5.04. The van der Waals surface area contributed by atoms with Crippen molar-refractivity contribution < 1.29 is 9.50 Å². The summed E-state index contributed by atoms with van der Waals surface area (Å²) >= 11 is 0. The fourth-order valence-electron chi connectivity index (χ4n) is 3.16. The van der Waals surface area contributed by atoms with Crippen LogP contribution in [0, 0.1) is 11.7 Å². The van der Waals surface area contributed by atoms with E-state index in [9.17, 15) is 9.50 Å². The maximum absolute atomic E-state index is 13.8. The van der Waals surface area contributed by atoms with Gasteiger partial charge in [0.1, 0.15) is 5.82 Å². The molecule has 1 aliphatic heterocycles. The lowest BCUT2D eigenvalue weighted by molar-refractivity contribution is 0.167. The minimum Gasteiger partial charge on any atom is -0.394 e. The first kappa shape index (κ1) is 13.3. The Morgan fingerprint density at radius 1 is 1.40 bits per heavy atom. The van der Waals surface area contributed by atoms with Gasteiger partial charge in [0.25, 0.3) is 0 Å². The number of aromatic amines is 1. The molecule has 1 aromatic carbocycles. The van der Waals surface area contributed by atoms with Gasteiger partial charge >= 0.3 is 0 Å². The molecular weight excluding hydrogens is 255 g/mol. The van der Waals surface area contributed by atoms with Crippen molar-refractivity contribution in [1.82, 2.24) is 9.88 Å². The smallest absolute Gasteiger partial charge is 0.132 e. The van der Waals surface area contributed by atoms with Crippen molar-refractivity contribution in [1.29, 1.82) is 0 Å².